The van der Waals surface area contributed by atoms with Gasteiger partial charge in [0.1, 0.15) is 0 Å². The van der Waals surface area contributed by atoms with Gasteiger partial charge in [0.25, 0.3) is 0 Å². The molecule has 1 N–H and O–H groups in total. The minimum absolute atomic E-state index is 0.371. The molecule has 0 amide bonds. The van der Waals surface area contributed by atoms with Gasteiger partial charge in [-0.3, -0.25) is 4.90 Å². The van der Waals surface area contributed by atoms with Gasteiger partial charge in [-0.2, -0.15) is 0 Å². The summed E-state index contributed by atoms with van der Waals surface area (Å²) in [6, 6.07) is 0.647. The molecule has 1 aliphatic rings. The first-order valence-electron chi connectivity index (χ1n) is 6.50. The standard InChI is InChI=1S/C13H28N2/c1-6-11(3)8-15-9-12(4)14-10-13(15,5)7-2/h11-12,14H,6-10H2,1-5H3. The molecular weight excluding hydrogens is 184 g/mol. The van der Waals surface area contributed by atoms with Crippen molar-refractivity contribution in [3.05, 3.63) is 0 Å². The van der Waals surface area contributed by atoms with Crippen LogP contribution in [0.2, 0.25) is 0 Å². The van der Waals surface area contributed by atoms with Crippen LogP contribution in [0.1, 0.15) is 47.5 Å². The molecule has 3 unspecified atom stereocenters. The van der Waals surface area contributed by atoms with E-state index in [1.807, 2.05) is 0 Å². The van der Waals surface area contributed by atoms with Gasteiger partial charge in [0.05, 0.1) is 0 Å². The first-order chi connectivity index (χ1) is 7.01. The van der Waals surface area contributed by atoms with Crippen LogP contribution in [0.25, 0.3) is 0 Å². The van der Waals surface area contributed by atoms with Gasteiger partial charge < -0.3 is 5.32 Å². The van der Waals surface area contributed by atoms with Crippen molar-refractivity contribution in [2.45, 2.75) is 59.0 Å². The summed E-state index contributed by atoms with van der Waals surface area (Å²) in [5.74, 6) is 0.821. The van der Waals surface area contributed by atoms with Gasteiger partial charge in [0.15, 0.2) is 0 Å². The van der Waals surface area contributed by atoms with Crippen molar-refractivity contribution < 1.29 is 0 Å². The maximum Gasteiger partial charge on any atom is 0.0304 e. The van der Waals surface area contributed by atoms with Crippen molar-refractivity contribution in [3.8, 4) is 0 Å². The third-order valence-corrected chi connectivity index (χ3v) is 4.08. The van der Waals surface area contributed by atoms with Crippen molar-refractivity contribution >= 4 is 0 Å². The lowest BCUT2D eigenvalue weighted by atomic mass is 9.91. The first kappa shape index (κ1) is 13.0. The molecule has 1 fully saturated rings. The molecule has 1 aliphatic heterocycles. The van der Waals surface area contributed by atoms with Gasteiger partial charge in [-0.15, -0.1) is 0 Å². The van der Waals surface area contributed by atoms with Crippen molar-refractivity contribution in [2.24, 2.45) is 5.92 Å². The Hall–Kier alpha value is -0.0800. The van der Waals surface area contributed by atoms with E-state index in [1.165, 1.54) is 25.9 Å². The summed E-state index contributed by atoms with van der Waals surface area (Å²) in [6.45, 7) is 15.2. The van der Waals surface area contributed by atoms with Crippen molar-refractivity contribution in [3.63, 3.8) is 0 Å². The van der Waals surface area contributed by atoms with E-state index < -0.39 is 0 Å². The monoisotopic (exact) mass is 212 g/mol. The Morgan fingerprint density at radius 2 is 2.13 bits per heavy atom. The zero-order chi connectivity index (χ0) is 11.5. The van der Waals surface area contributed by atoms with E-state index >= 15 is 0 Å². The Bertz CT molecular complexity index is 193. The minimum atomic E-state index is 0.371. The van der Waals surface area contributed by atoms with Crippen LogP contribution in [0, 0.1) is 5.92 Å². The van der Waals surface area contributed by atoms with Crippen LogP contribution in [-0.4, -0.2) is 36.1 Å². The van der Waals surface area contributed by atoms with E-state index in [2.05, 4.69) is 44.8 Å². The van der Waals surface area contributed by atoms with E-state index in [-0.39, 0.29) is 0 Å². The van der Waals surface area contributed by atoms with E-state index in [0.717, 1.165) is 12.5 Å². The quantitative estimate of drug-likeness (QED) is 0.770. The number of piperazine rings is 1. The maximum absolute atomic E-state index is 3.60. The van der Waals surface area contributed by atoms with Gasteiger partial charge >= 0.3 is 0 Å². The highest BCUT2D eigenvalue weighted by Gasteiger charge is 2.35. The predicted molar refractivity (Wildman–Crippen MR) is 67.2 cm³/mol. The molecule has 90 valence electrons. The lowest BCUT2D eigenvalue weighted by Crippen LogP contribution is -2.63. The van der Waals surface area contributed by atoms with E-state index in [4.69, 9.17) is 0 Å². The maximum atomic E-state index is 3.60. The molecule has 0 radical (unpaired) electrons. The zero-order valence-electron chi connectivity index (χ0n) is 11.1. The van der Waals surface area contributed by atoms with Gasteiger partial charge in [0.2, 0.25) is 0 Å². The van der Waals surface area contributed by atoms with Crippen LogP contribution in [0.3, 0.4) is 0 Å². The second-order valence-corrected chi connectivity index (χ2v) is 5.55. The van der Waals surface area contributed by atoms with E-state index in [1.54, 1.807) is 0 Å². The summed E-state index contributed by atoms with van der Waals surface area (Å²) in [5, 5.41) is 3.60. The van der Waals surface area contributed by atoms with Crippen LogP contribution in [0.5, 0.6) is 0 Å². The molecule has 0 bridgehead atoms. The largest absolute Gasteiger partial charge is 0.311 e. The Balaban J connectivity index is 2.62. The molecule has 1 saturated heterocycles. The summed E-state index contributed by atoms with van der Waals surface area (Å²) in [7, 11) is 0. The SMILES string of the molecule is CCC(C)CN1CC(C)NCC1(C)CC. The predicted octanol–water partition coefficient (Wildman–Crippen LogP) is 2.49. The summed E-state index contributed by atoms with van der Waals surface area (Å²) < 4.78 is 0. The zero-order valence-corrected chi connectivity index (χ0v) is 11.1. The molecule has 0 aromatic heterocycles. The van der Waals surface area contributed by atoms with Gasteiger partial charge in [-0.05, 0) is 26.2 Å². The smallest absolute Gasteiger partial charge is 0.0304 e. The molecule has 1 rings (SSSR count). The third-order valence-electron chi connectivity index (χ3n) is 4.08. The number of hydrogen-bond acceptors (Lipinski definition) is 2. The van der Waals surface area contributed by atoms with Crippen LogP contribution >= 0.6 is 0 Å². The number of rotatable bonds is 4. The van der Waals surface area contributed by atoms with Gasteiger partial charge in [0, 0.05) is 31.2 Å². The number of nitrogens with one attached hydrogen (secondary N) is 1. The first-order valence-corrected chi connectivity index (χ1v) is 6.50. The van der Waals surface area contributed by atoms with Gasteiger partial charge in [-0.1, -0.05) is 27.2 Å². The molecule has 0 saturated carbocycles. The average Bonchev–Trinajstić information content (AvgIpc) is 2.23. The summed E-state index contributed by atoms with van der Waals surface area (Å²) >= 11 is 0. The third kappa shape index (κ3) is 3.18. The van der Waals surface area contributed by atoms with E-state index in [9.17, 15) is 0 Å². The van der Waals surface area contributed by atoms with Crippen LogP contribution in [0.4, 0.5) is 0 Å². The molecule has 0 spiro atoms. The van der Waals surface area contributed by atoms with Crippen molar-refractivity contribution in [2.75, 3.05) is 19.6 Å². The lowest BCUT2D eigenvalue weighted by molar-refractivity contribution is 0.0398. The normalized spacial score (nSPS) is 35.4. The molecular formula is C13H28N2. The molecule has 15 heavy (non-hydrogen) atoms. The van der Waals surface area contributed by atoms with Gasteiger partial charge in [-0.25, -0.2) is 0 Å². The molecule has 2 heteroatoms. The summed E-state index contributed by atoms with van der Waals surface area (Å²) in [5.41, 5.74) is 0.371. The van der Waals surface area contributed by atoms with E-state index in [0.29, 0.717) is 11.6 Å². The molecule has 1 heterocycles. The van der Waals surface area contributed by atoms with Crippen LogP contribution < -0.4 is 5.32 Å². The molecule has 2 nitrogen and oxygen atoms in total. The fourth-order valence-electron chi connectivity index (χ4n) is 2.27. The number of hydrogen-bond donors (Lipinski definition) is 1. The highest BCUT2D eigenvalue weighted by Crippen LogP contribution is 2.24. The Labute approximate surface area is 95.4 Å². The fraction of sp³-hybridized carbons (Fsp3) is 1.00. The highest BCUT2D eigenvalue weighted by molar-refractivity contribution is 4.94. The average molecular weight is 212 g/mol. The van der Waals surface area contributed by atoms with Crippen molar-refractivity contribution in [1.82, 2.24) is 10.2 Å². The number of nitrogens with zero attached hydrogens (tertiary/aromatic N) is 1. The van der Waals surface area contributed by atoms with Crippen molar-refractivity contribution in [1.29, 1.82) is 0 Å². The summed E-state index contributed by atoms with van der Waals surface area (Å²) in [6.07, 6.45) is 2.53. The lowest BCUT2D eigenvalue weighted by Gasteiger charge is -2.48. The molecule has 3 atom stereocenters. The Morgan fingerprint density at radius 3 is 2.67 bits per heavy atom. The van der Waals surface area contributed by atoms with Crippen LogP contribution in [-0.2, 0) is 0 Å². The second kappa shape index (κ2) is 5.31. The van der Waals surface area contributed by atoms with Crippen LogP contribution in [0.15, 0.2) is 0 Å². The Morgan fingerprint density at radius 1 is 1.47 bits per heavy atom. The second-order valence-electron chi connectivity index (χ2n) is 5.55. The molecule has 0 aromatic rings. The summed E-state index contributed by atoms with van der Waals surface area (Å²) in [4.78, 5) is 2.70. The minimum Gasteiger partial charge on any atom is -0.311 e. The fourth-order valence-corrected chi connectivity index (χ4v) is 2.27. The highest BCUT2D eigenvalue weighted by atomic mass is 15.3. The molecule has 0 aromatic carbocycles. The topological polar surface area (TPSA) is 15.3 Å². The molecule has 0 aliphatic carbocycles. The Kier molecular flexibility index (Phi) is 4.60.